The van der Waals surface area contributed by atoms with Crippen LogP contribution in [-0.2, 0) is 0 Å². The Kier molecular flexibility index (Phi) is 3.41. The summed E-state index contributed by atoms with van der Waals surface area (Å²) in [5.74, 6) is 0. The van der Waals surface area contributed by atoms with Gasteiger partial charge in [0.05, 0.1) is 0 Å². The van der Waals surface area contributed by atoms with Crippen molar-refractivity contribution in [3.63, 3.8) is 0 Å². The van der Waals surface area contributed by atoms with Gasteiger partial charge in [-0.1, -0.05) is 0 Å². The van der Waals surface area contributed by atoms with E-state index in [-0.39, 0.29) is 0 Å². The van der Waals surface area contributed by atoms with Crippen LogP contribution in [0.4, 0.5) is 10.5 Å². The van der Waals surface area contributed by atoms with E-state index in [1.165, 1.54) is 16.8 Å². The van der Waals surface area contributed by atoms with Gasteiger partial charge in [0, 0.05) is 17.6 Å². The second-order valence-electron chi connectivity index (χ2n) is 3.00. The average Bonchev–Trinajstić information content (AvgIpc) is 2.16. The molecule has 0 aromatic heterocycles. The third kappa shape index (κ3) is 2.20. The van der Waals surface area contributed by atoms with Crippen LogP contribution in [0.15, 0.2) is 23.1 Å². The van der Waals surface area contributed by atoms with Crippen molar-refractivity contribution in [1.29, 1.82) is 0 Å². The second-order valence-corrected chi connectivity index (χ2v) is 3.84. The molecule has 4 heteroatoms. The number of anilines is 1. The van der Waals surface area contributed by atoms with Crippen LogP contribution in [-0.4, -0.2) is 24.5 Å². The zero-order valence-corrected chi connectivity index (χ0v) is 9.26. The Hall–Kier alpha value is -1.16. The highest BCUT2D eigenvalue weighted by molar-refractivity contribution is 7.98. The van der Waals surface area contributed by atoms with Gasteiger partial charge in [0.1, 0.15) is 0 Å². The Bertz CT molecular complexity index is 352. The number of hydrogen-bond acceptors (Lipinski definition) is 2. The highest BCUT2D eigenvalue weighted by Gasteiger charge is 2.08. The summed E-state index contributed by atoms with van der Waals surface area (Å²) in [6.45, 7) is 1.98. The SMILES string of the molecule is CSc1ccc(N(C)C(=O)O)cc1C. The van der Waals surface area contributed by atoms with Crippen LogP contribution in [0.3, 0.4) is 0 Å². The summed E-state index contributed by atoms with van der Waals surface area (Å²) in [6.07, 6.45) is 1.06. The Morgan fingerprint density at radius 3 is 2.57 bits per heavy atom. The van der Waals surface area contributed by atoms with Gasteiger partial charge in [-0.05, 0) is 36.9 Å². The maximum atomic E-state index is 10.7. The highest BCUT2D eigenvalue weighted by Crippen LogP contribution is 2.24. The van der Waals surface area contributed by atoms with Gasteiger partial charge in [0.2, 0.25) is 0 Å². The molecule has 1 amide bonds. The third-order valence-electron chi connectivity index (χ3n) is 2.05. The highest BCUT2D eigenvalue weighted by atomic mass is 32.2. The molecule has 14 heavy (non-hydrogen) atoms. The van der Waals surface area contributed by atoms with Crippen molar-refractivity contribution in [3.05, 3.63) is 23.8 Å². The smallest absolute Gasteiger partial charge is 0.411 e. The standard InChI is InChI=1S/C10H13NO2S/c1-7-6-8(11(2)10(12)13)4-5-9(7)14-3/h4-6H,1-3H3,(H,12,13). The fourth-order valence-corrected chi connectivity index (χ4v) is 1.77. The van der Waals surface area contributed by atoms with Crippen molar-refractivity contribution in [2.75, 3.05) is 18.2 Å². The maximum Gasteiger partial charge on any atom is 0.411 e. The van der Waals surface area contributed by atoms with Gasteiger partial charge < -0.3 is 5.11 Å². The molecular weight excluding hydrogens is 198 g/mol. The normalized spacial score (nSPS) is 9.93. The minimum absolute atomic E-state index is 0.702. The van der Waals surface area contributed by atoms with Crippen molar-refractivity contribution >= 4 is 23.5 Å². The molecule has 0 radical (unpaired) electrons. The topological polar surface area (TPSA) is 40.5 Å². The Balaban J connectivity index is 3.02. The molecule has 1 aromatic rings. The van der Waals surface area contributed by atoms with Gasteiger partial charge in [-0.15, -0.1) is 11.8 Å². The first-order valence-electron chi connectivity index (χ1n) is 4.17. The molecule has 0 saturated heterocycles. The number of carboxylic acid groups (broad SMARTS) is 1. The number of aryl methyl sites for hydroxylation is 1. The van der Waals surface area contributed by atoms with E-state index >= 15 is 0 Å². The van der Waals surface area contributed by atoms with Crippen LogP contribution in [0.25, 0.3) is 0 Å². The molecule has 0 aliphatic heterocycles. The largest absolute Gasteiger partial charge is 0.465 e. The summed E-state index contributed by atoms with van der Waals surface area (Å²) in [5.41, 5.74) is 1.80. The molecule has 1 rings (SSSR count). The molecule has 0 bridgehead atoms. The van der Waals surface area contributed by atoms with E-state index in [2.05, 4.69) is 0 Å². The molecule has 0 saturated carbocycles. The van der Waals surface area contributed by atoms with E-state index < -0.39 is 6.09 Å². The molecule has 0 spiro atoms. The predicted octanol–water partition coefficient (Wildman–Crippen LogP) is 2.83. The van der Waals surface area contributed by atoms with Crippen molar-refractivity contribution in [2.24, 2.45) is 0 Å². The van der Waals surface area contributed by atoms with Crippen LogP contribution >= 0.6 is 11.8 Å². The number of hydrogen-bond donors (Lipinski definition) is 1. The summed E-state index contributed by atoms with van der Waals surface area (Å²) >= 11 is 1.66. The van der Waals surface area contributed by atoms with E-state index in [9.17, 15) is 4.79 Å². The average molecular weight is 211 g/mol. The molecule has 0 unspecified atom stereocenters. The first kappa shape index (κ1) is 10.9. The molecule has 0 aliphatic carbocycles. The minimum Gasteiger partial charge on any atom is -0.465 e. The molecule has 1 aromatic carbocycles. The van der Waals surface area contributed by atoms with Crippen LogP contribution in [0.2, 0.25) is 0 Å². The number of benzene rings is 1. The van der Waals surface area contributed by atoms with Gasteiger partial charge in [-0.3, -0.25) is 4.90 Å². The molecule has 3 nitrogen and oxygen atoms in total. The number of rotatable bonds is 2. The van der Waals surface area contributed by atoms with Gasteiger partial charge in [-0.25, -0.2) is 4.79 Å². The van der Waals surface area contributed by atoms with Gasteiger partial charge in [-0.2, -0.15) is 0 Å². The van der Waals surface area contributed by atoms with Gasteiger partial charge in [0.15, 0.2) is 0 Å². The molecule has 0 atom stereocenters. The summed E-state index contributed by atoms with van der Waals surface area (Å²) in [7, 11) is 1.54. The summed E-state index contributed by atoms with van der Waals surface area (Å²) in [4.78, 5) is 13.1. The van der Waals surface area contributed by atoms with Crippen LogP contribution in [0.5, 0.6) is 0 Å². The van der Waals surface area contributed by atoms with Gasteiger partial charge >= 0.3 is 6.09 Å². The second kappa shape index (κ2) is 4.37. The molecule has 0 aliphatic rings. The van der Waals surface area contributed by atoms with Crippen molar-refractivity contribution < 1.29 is 9.90 Å². The van der Waals surface area contributed by atoms with Crippen molar-refractivity contribution in [1.82, 2.24) is 0 Å². The molecule has 1 N–H and O–H groups in total. The zero-order chi connectivity index (χ0) is 10.7. The van der Waals surface area contributed by atoms with Crippen LogP contribution < -0.4 is 4.90 Å². The monoisotopic (exact) mass is 211 g/mol. The van der Waals surface area contributed by atoms with Gasteiger partial charge in [0.25, 0.3) is 0 Å². The predicted molar refractivity (Wildman–Crippen MR) is 59.4 cm³/mol. The van der Waals surface area contributed by atoms with Crippen LogP contribution in [0.1, 0.15) is 5.56 Å². The molecule has 76 valence electrons. The number of amides is 1. The molecular formula is C10H13NO2S. The first-order valence-corrected chi connectivity index (χ1v) is 5.40. The fraction of sp³-hybridized carbons (Fsp3) is 0.300. The quantitative estimate of drug-likeness (QED) is 0.765. The van der Waals surface area contributed by atoms with Crippen LogP contribution in [0, 0.1) is 6.92 Å². The summed E-state index contributed by atoms with van der Waals surface area (Å²) < 4.78 is 0. The molecule has 0 heterocycles. The van der Waals surface area contributed by atoms with Crippen molar-refractivity contribution in [2.45, 2.75) is 11.8 Å². The number of nitrogens with zero attached hydrogens (tertiary/aromatic N) is 1. The van der Waals surface area contributed by atoms with E-state index in [1.54, 1.807) is 11.8 Å². The Morgan fingerprint density at radius 2 is 2.14 bits per heavy atom. The Morgan fingerprint density at radius 1 is 1.50 bits per heavy atom. The summed E-state index contributed by atoms with van der Waals surface area (Å²) in [5, 5.41) is 8.77. The van der Waals surface area contributed by atoms with E-state index in [0.717, 1.165) is 5.56 Å². The fourth-order valence-electron chi connectivity index (χ4n) is 1.18. The summed E-state index contributed by atoms with van der Waals surface area (Å²) in [6, 6.07) is 5.63. The lowest BCUT2D eigenvalue weighted by molar-refractivity contribution is 0.203. The zero-order valence-electron chi connectivity index (χ0n) is 8.44. The lowest BCUT2D eigenvalue weighted by atomic mass is 10.2. The molecule has 0 fully saturated rings. The minimum atomic E-state index is -0.943. The lowest BCUT2D eigenvalue weighted by Crippen LogP contribution is -2.23. The lowest BCUT2D eigenvalue weighted by Gasteiger charge is -2.14. The van der Waals surface area contributed by atoms with E-state index in [0.29, 0.717) is 5.69 Å². The number of carbonyl (C=O) groups is 1. The number of thioether (sulfide) groups is 1. The van der Waals surface area contributed by atoms with E-state index in [4.69, 9.17) is 5.11 Å². The third-order valence-corrected chi connectivity index (χ3v) is 2.95. The first-order chi connectivity index (χ1) is 6.56. The maximum absolute atomic E-state index is 10.7. The Labute approximate surface area is 87.7 Å². The van der Waals surface area contributed by atoms with Crippen molar-refractivity contribution in [3.8, 4) is 0 Å². The van der Waals surface area contributed by atoms with E-state index in [1.807, 2.05) is 31.4 Å².